The Morgan fingerprint density at radius 2 is 1.88 bits per heavy atom. The van der Waals surface area contributed by atoms with Crippen molar-refractivity contribution in [1.29, 1.82) is 0 Å². The molecule has 1 fully saturated rings. The Morgan fingerprint density at radius 3 is 2.59 bits per heavy atom. The lowest BCUT2D eigenvalue weighted by atomic mass is 10.1. The minimum atomic E-state index is -0.0493. The quantitative estimate of drug-likeness (QED) is 0.446. The molecule has 0 saturated heterocycles. The Kier molecular flexibility index (Phi) is 8.06. The van der Waals surface area contributed by atoms with E-state index in [-0.39, 0.29) is 5.97 Å². The zero-order valence-corrected chi connectivity index (χ0v) is 11.2. The van der Waals surface area contributed by atoms with Crippen LogP contribution in [0.1, 0.15) is 64.7 Å². The Labute approximate surface area is 105 Å². The van der Waals surface area contributed by atoms with E-state index < -0.39 is 0 Å². The Hall–Kier alpha value is -0.570. The maximum Gasteiger partial charge on any atom is 0.307 e. The number of esters is 1. The van der Waals surface area contributed by atoms with Crippen LogP contribution in [0.3, 0.4) is 0 Å². The second-order valence-corrected chi connectivity index (χ2v) is 4.97. The van der Waals surface area contributed by atoms with Gasteiger partial charge in [0.1, 0.15) is 0 Å². The molecule has 1 saturated carbocycles. The molecule has 0 radical (unpaired) electrons. The normalized spacial score (nSPS) is 14.9. The lowest BCUT2D eigenvalue weighted by Crippen LogP contribution is -2.21. The van der Waals surface area contributed by atoms with Gasteiger partial charge in [-0.2, -0.15) is 0 Å². The first-order valence-corrected chi connectivity index (χ1v) is 7.22. The zero-order valence-electron chi connectivity index (χ0n) is 11.2. The Bertz CT molecular complexity index is 202. The topological polar surface area (TPSA) is 38.3 Å². The van der Waals surface area contributed by atoms with Crippen molar-refractivity contribution in [3.63, 3.8) is 0 Å². The third kappa shape index (κ3) is 9.16. The van der Waals surface area contributed by atoms with Crippen LogP contribution < -0.4 is 5.32 Å². The lowest BCUT2D eigenvalue weighted by Gasteiger charge is -2.05. The molecule has 1 rings (SSSR count). The Balaban J connectivity index is 1.76. The van der Waals surface area contributed by atoms with Crippen molar-refractivity contribution in [2.75, 3.05) is 13.2 Å². The van der Waals surface area contributed by atoms with Gasteiger partial charge in [-0.15, -0.1) is 0 Å². The van der Waals surface area contributed by atoms with Crippen molar-refractivity contribution < 1.29 is 9.53 Å². The summed E-state index contributed by atoms with van der Waals surface area (Å²) in [5.41, 5.74) is 0. The minimum Gasteiger partial charge on any atom is -0.466 e. The van der Waals surface area contributed by atoms with Gasteiger partial charge in [0.05, 0.1) is 13.0 Å². The molecule has 0 unspecified atom stereocenters. The van der Waals surface area contributed by atoms with Gasteiger partial charge in [-0.3, -0.25) is 4.79 Å². The van der Waals surface area contributed by atoms with Crippen molar-refractivity contribution in [2.45, 2.75) is 70.8 Å². The summed E-state index contributed by atoms with van der Waals surface area (Å²) in [6.07, 6.45) is 10.5. The van der Waals surface area contributed by atoms with Gasteiger partial charge in [-0.25, -0.2) is 0 Å². The first kappa shape index (κ1) is 14.5. The van der Waals surface area contributed by atoms with E-state index in [9.17, 15) is 4.79 Å². The highest BCUT2D eigenvalue weighted by Gasteiger charge is 2.20. The predicted octanol–water partition coefficient (Wildman–Crippen LogP) is 3.03. The molecule has 3 heteroatoms. The summed E-state index contributed by atoms with van der Waals surface area (Å²) in [6.45, 7) is 3.60. The molecular weight excluding hydrogens is 214 g/mol. The van der Waals surface area contributed by atoms with Crippen molar-refractivity contribution in [3.05, 3.63) is 0 Å². The van der Waals surface area contributed by atoms with E-state index in [4.69, 9.17) is 4.74 Å². The summed E-state index contributed by atoms with van der Waals surface area (Å²) in [5.74, 6) is -0.0493. The van der Waals surface area contributed by atoms with E-state index in [1.165, 1.54) is 44.9 Å². The molecule has 0 bridgehead atoms. The first-order chi connectivity index (χ1) is 8.33. The number of hydrogen-bond acceptors (Lipinski definition) is 3. The third-order valence-electron chi connectivity index (χ3n) is 3.10. The van der Waals surface area contributed by atoms with Crippen LogP contribution in [0.15, 0.2) is 0 Å². The molecule has 1 aliphatic rings. The fourth-order valence-corrected chi connectivity index (χ4v) is 1.81. The molecule has 0 atom stereocenters. The fourth-order valence-electron chi connectivity index (χ4n) is 1.81. The molecule has 0 aromatic heterocycles. The van der Waals surface area contributed by atoms with Crippen LogP contribution in [-0.4, -0.2) is 25.2 Å². The number of unbranched alkanes of at least 4 members (excludes halogenated alkanes) is 5. The van der Waals surface area contributed by atoms with Crippen LogP contribution in [0.2, 0.25) is 0 Å². The summed E-state index contributed by atoms with van der Waals surface area (Å²) >= 11 is 0. The maximum absolute atomic E-state index is 11.3. The summed E-state index contributed by atoms with van der Waals surface area (Å²) in [7, 11) is 0. The van der Waals surface area contributed by atoms with E-state index >= 15 is 0 Å². The summed E-state index contributed by atoms with van der Waals surface area (Å²) in [5, 5.41) is 3.31. The first-order valence-electron chi connectivity index (χ1n) is 7.22. The number of hydrogen-bond donors (Lipinski definition) is 1. The van der Waals surface area contributed by atoms with Crippen molar-refractivity contribution in [1.82, 2.24) is 5.32 Å². The van der Waals surface area contributed by atoms with Crippen LogP contribution in [0.25, 0.3) is 0 Å². The van der Waals surface area contributed by atoms with E-state index in [2.05, 4.69) is 12.2 Å². The van der Waals surface area contributed by atoms with Crippen LogP contribution in [0.4, 0.5) is 0 Å². The third-order valence-corrected chi connectivity index (χ3v) is 3.10. The predicted molar refractivity (Wildman–Crippen MR) is 70.0 cm³/mol. The van der Waals surface area contributed by atoms with Gasteiger partial charge in [0.25, 0.3) is 0 Å². The van der Waals surface area contributed by atoms with E-state index in [0.717, 1.165) is 13.0 Å². The van der Waals surface area contributed by atoms with E-state index in [0.29, 0.717) is 19.1 Å². The average Bonchev–Trinajstić information content (AvgIpc) is 3.12. The molecule has 0 aromatic carbocycles. The highest BCUT2D eigenvalue weighted by molar-refractivity contribution is 5.69. The van der Waals surface area contributed by atoms with E-state index in [1.807, 2.05) is 0 Å². The van der Waals surface area contributed by atoms with Gasteiger partial charge in [-0.05, 0) is 19.3 Å². The second kappa shape index (κ2) is 9.46. The molecule has 100 valence electrons. The van der Waals surface area contributed by atoms with Crippen LogP contribution in [0, 0.1) is 0 Å². The number of nitrogens with one attached hydrogen (secondary N) is 1. The van der Waals surface area contributed by atoms with Crippen molar-refractivity contribution in [2.24, 2.45) is 0 Å². The number of carbonyl (C=O) groups is 1. The summed E-state index contributed by atoms with van der Waals surface area (Å²) < 4.78 is 5.17. The van der Waals surface area contributed by atoms with Gasteiger partial charge in [0.15, 0.2) is 0 Å². The molecule has 0 amide bonds. The molecule has 3 nitrogen and oxygen atoms in total. The zero-order chi connectivity index (χ0) is 12.3. The summed E-state index contributed by atoms with van der Waals surface area (Å²) in [6, 6.07) is 0.682. The standard InChI is InChI=1S/C14H27NO2/c1-2-3-4-5-6-7-12-17-14(16)10-11-15-13-8-9-13/h13,15H,2-12H2,1H3. The van der Waals surface area contributed by atoms with Crippen molar-refractivity contribution >= 4 is 5.97 Å². The largest absolute Gasteiger partial charge is 0.466 e. The molecule has 0 heterocycles. The van der Waals surface area contributed by atoms with Gasteiger partial charge in [0.2, 0.25) is 0 Å². The second-order valence-electron chi connectivity index (χ2n) is 4.97. The van der Waals surface area contributed by atoms with Gasteiger partial charge in [0, 0.05) is 12.6 Å². The van der Waals surface area contributed by atoms with Gasteiger partial charge in [-0.1, -0.05) is 39.0 Å². The highest BCUT2D eigenvalue weighted by atomic mass is 16.5. The van der Waals surface area contributed by atoms with Crippen LogP contribution >= 0.6 is 0 Å². The fraction of sp³-hybridized carbons (Fsp3) is 0.929. The van der Waals surface area contributed by atoms with Crippen LogP contribution in [-0.2, 0) is 9.53 Å². The number of carbonyl (C=O) groups excluding carboxylic acids is 1. The minimum absolute atomic E-state index is 0.0493. The van der Waals surface area contributed by atoms with E-state index in [1.54, 1.807) is 0 Å². The SMILES string of the molecule is CCCCCCCCOC(=O)CCNC1CC1. The van der Waals surface area contributed by atoms with Gasteiger partial charge >= 0.3 is 5.97 Å². The molecule has 0 aromatic rings. The highest BCUT2D eigenvalue weighted by Crippen LogP contribution is 2.18. The molecule has 0 aliphatic heterocycles. The number of rotatable bonds is 11. The summed E-state index contributed by atoms with van der Waals surface area (Å²) in [4.78, 5) is 11.3. The molecule has 17 heavy (non-hydrogen) atoms. The van der Waals surface area contributed by atoms with Crippen molar-refractivity contribution in [3.8, 4) is 0 Å². The van der Waals surface area contributed by atoms with Crippen LogP contribution in [0.5, 0.6) is 0 Å². The number of ether oxygens (including phenoxy) is 1. The molecule has 0 spiro atoms. The van der Waals surface area contributed by atoms with Gasteiger partial charge < -0.3 is 10.1 Å². The lowest BCUT2D eigenvalue weighted by molar-refractivity contribution is -0.143. The Morgan fingerprint density at radius 1 is 1.18 bits per heavy atom. The molecule has 1 aliphatic carbocycles. The molecular formula is C14H27NO2. The maximum atomic E-state index is 11.3. The molecule has 1 N–H and O–H groups in total. The monoisotopic (exact) mass is 241 g/mol. The average molecular weight is 241 g/mol. The smallest absolute Gasteiger partial charge is 0.307 e.